The van der Waals surface area contributed by atoms with Gasteiger partial charge >= 0.3 is 0 Å². The molecule has 0 saturated heterocycles. The maximum Gasteiger partial charge on any atom is 0.141 e. The minimum absolute atomic E-state index is 0.736. The van der Waals surface area contributed by atoms with Crippen molar-refractivity contribution < 1.29 is 0 Å². The molecule has 0 aliphatic carbocycles. The van der Waals surface area contributed by atoms with E-state index < -0.39 is 0 Å². The van der Waals surface area contributed by atoms with E-state index in [1.54, 1.807) is 11.8 Å². The molecule has 4 heteroatoms. The summed E-state index contributed by atoms with van der Waals surface area (Å²) < 4.78 is 2.09. The van der Waals surface area contributed by atoms with E-state index in [0.717, 1.165) is 27.4 Å². The second-order valence-electron chi connectivity index (χ2n) is 4.33. The molecule has 0 aliphatic rings. The quantitative estimate of drug-likeness (QED) is 0.641. The van der Waals surface area contributed by atoms with Gasteiger partial charge in [0.1, 0.15) is 5.82 Å². The number of aromatic nitrogens is 2. The summed E-state index contributed by atoms with van der Waals surface area (Å²) in [6.07, 6.45) is 2.08. The van der Waals surface area contributed by atoms with Crippen LogP contribution in [0.15, 0.2) is 47.4 Å². The topological polar surface area (TPSA) is 17.8 Å². The Morgan fingerprint density at radius 3 is 2.74 bits per heavy atom. The zero-order valence-corrected chi connectivity index (χ0v) is 12.3. The number of hydrogen-bond donors (Lipinski definition) is 0. The third kappa shape index (κ3) is 2.13. The van der Waals surface area contributed by atoms with Gasteiger partial charge in [-0.25, -0.2) is 4.98 Å². The summed E-state index contributed by atoms with van der Waals surface area (Å²) in [5.74, 6) is 0.974. The van der Waals surface area contributed by atoms with Crippen LogP contribution in [-0.4, -0.2) is 15.8 Å². The molecule has 2 aromatic carbocycles. The van der Waals surface area contributed by atoms with E-state index >= 15 is 0 Å². The molecule has 0 N–H and O–H groups in total. The second-order valence-corrected chi connectivity index (χ2v) is 5.61. The average molecular weight is 289 g/mol. The van der Waals surface area contributed by atoms with Crippen molar-refractivity contribution in [2.75, 3.05) is 6.26 Å². The summed E-state index contributed by atoms with van der Waals surface area (Å²) in [5, 5.41) is 0.736. The first-order chi connectivity index (χ1) is 9.20. The van der Waals surface area contributed by atoms with Crippen LogP contribution in [0.3, 0.4) is 0 Å². The number of rotatable bonds is 2. The van der Waals surface area contributed by atoms with Gasteiger partial charge in [0.25, 0.3) is 0 Å². The van der Waals surface area contributed by atoms with Gasteiger partial charge in [-0.15, -0.1) is 11.8 Å². The van der Waals surface area contributed by atoms with Crippen molar-refractivity contribution in [2.24, 2.45) is 7.05 Å². The number of aryl methyl sites for hydroxylation is 1. The van der Waals surface area contributed by atoms with Crippen LogP contribution >= 0.6 is 23.4 Å². The molecular weight excluding hydrogens is 276 g/mol. The van der Waals surface area contributed by atoms with Crippen LogP contribution in [0.4, 0.5) is 0 Å². The Labute approximate surface area is 121 Å². The summed E-state index contributed by atoms with van der Waals surface area (Å²) in [4.78, 5) is 5.95. The predicted molar refractivity (Wildman–Crippen MR) is 82.9 cm³/mol. The molecule has 0 saturated carbocycles. The molecule has 0 amide bonds. The van der Waals surface area contributed by atoms with Gasteiger partial charge in [0.05, 0.1) is 11.0 Å². The molecule has 0 atom stereocenters. The first-order valence-electron chi connectivity index (χ1n) is 5.96. The number of hydrogen-bond acceptors (Lipinski definition) is 2. The van der Waals surface area contributed by atoms with Gasteiger partial charge in [-0.1, -0.05) is 29.8 Å². The molecule has 3 aromatic rings. The Morgan fingerprint density at radius 2 is 1.95 bits per heavy atom. The molecular formula is C15H13ClN2S. The smallest absolute Gasteiger partial charge is 0.141 e. The largest absolute Gasteiger partial charge is 0.327 e. The molecule has 96 valence electrons. The molecule has 3 rings (SSSR count). The Morgan fingerprint density at radius 1 is 1.16 bits per heavy atom. The van der Waals surface area contributed by atoms with Crippen molar-refractivity contribution in [1.82, 2.24) is 9.55 Å². The Bertz CT molecular complexity index is 749. The normalized spacial score (nSPS) is 11.1. The number of nitrogens with zero attached hydrogens (tertiary/aromatic N) is 2. The fourth-order valence-corrected chi connectivity index (χ4v) is 2.99. The molecule has 0 radical (unpaired) electrons. The molecule has 0 aliphatic heterocycles. The van der Waals surface area contributed by atoms with E-state index in [1.165, 1.54) is 4.90 Å². The standard InChI is InChI=1S/C15H13ClN2S/c1-18-13-9-10(16)7-8-12(13)17-15(18)11-5-3-4-6-14(11)19-2/h3-9H,1-2H3. The lowest BCUT2D eigenvalue weighted by molar-refractivity contribution is 0.955. The predicted octanol–water partition coefficient (Wildman–Crippen LogP) is 4.62. The highest BCUT2D eigenvalue weighted by Crippen LogP contribution is 2.31. The van der Waals surface area contributed by atoms with Gasteiger partial charge in [0.15, 0.2) is 0 Å². The maximum absolute atomic E-state index is 6.06. The van der Waals surface area contributed by atoms with Gasteiger partial charge in [-0.3, -0.25) is 0 Å². The van der Waals surface area contributed by atoms with Crippen LogP contribution in [0.2, 0.25) is 5.02 Å². The minimum atomic E-state index is 0.736. The van der Waals surface area contributed by atoms with Crippen molar-refractivity contribution in [3.05, 3.63) is 47.5 Å². The van der Waals surface area contributed by atoms with E-state index in [2.05, 4.69) is 29.0 Å². The highest BCUT2D eigenvalue weighted by molar-refractivity contribution is 7.98. The summed E-state index contributed by atoms with van der Waals surface area (Å²) in [7, 11) is 2.03. The summed E-state index contributed by atoms with van der Waals surface area (Å²) in [6.45, 7) is 0. The van der Waals surface area contributed by atoms with Crippen LogP contribution in [0.25, 0.3) is 22.4 Å². The van der Waals surface area contributed by atoms with Gasteiger partial charge in [-0.05, 0) is 30.5 Å². The maximum atomic E-state index is 6.06. The Balaban J connectivity index is 2.28. The van der Waals surface area contributed by atoms with Crippen molar-refractivity contribution >= 4 is 34.4 Å². The third-order valence-electron chi connectivity index (χ3n) is 3.19. The highest BCUT2D eigenvalue weighted by Gasteiger charge is 2.12. The first-order valence-corrected chi connectivity index (χ1v) is 7.56. The van der Waals surface area contributed by atoms with E-state index in [1.807, 2.05) is 31.3 Å². The Hall–Kier alpha value is -1.45. The van der Waals surface area contributed by atoms with Gasteiger partial charge in [0.2, 0.25) is 0 Å². The van der Waals surface area contributed by atoms with Crippen LogP contribution in [-0.2, 0) is 7.05 Å². The Kier molecular flexibility index (Phi) is 3.25. The number of imidazole rings is 1. The molecule has 1 aromatic heterocycles. The number of benzene rings is 2. The molecule has 2 nitrogen and oxygen atoms in total. The van der Waals surface area contributed by atoms with E-state index in [-0.39, 0.29) is 0 Å². The van der Waals surface area contributed by atoms with Crippen molar-refractivity contribution in [3.63, 3.8) is 0 Å². The number of thioether (sulfide) groups is 1. The van der Waals surface area contributed by atoms with Gasteiger partial charge in [0, 0.05) is 22.5 Å². The van der Waals surface area contributed by atoms with Crippen molar-refractivity contribution in [1.29, 1.82) is 0 Å². The van der Waals surface area contributed by atoms with Crippen molar-refractivity contribution in [3.8, 4) is 11.4 Å². The summed E-state index contributed by atoms with van der Waals surface area (Å²) in [5.41, 5.74) is 3.18. The molecule has 0 unspecified atom stereocenters. The van der Waals surface area contributed by atoms with Gasteiger partial charge in [-0.2, -0.15) is 0 Å². The van der Waals surface area contributed by atoms with E-state index in [4.69, 9.17) is 16.6 Å². The van der Waals surface area contributed by atoms with E-state index in [9.17, 15) is 0 Å². The third-order valence-corrected chi connectivity index (χ3v) is 4.22. The lowest BCUT2D eigenvalue weighted by Gasteiger charge is -2.07. The summed E-state index contributed by atoms with van der Waals surface area (Å²) in [6, 6.07) is 14.1. The van der Waals surface area contributed by atoms with Crippen molar-refractivity contribution in [2.45, 2.75) is 4.90 Å². The van der Waals surface area contributed by atoms with Crippen LogP contribution in [0.5, 0.6) is 0 Å². The minimum Gasteiger partial charge on any atom is -0.327 e. The van der Waals surface area contributed by atoms with Crippen LogP contribution in [0, 0.1) is 0 Å². The number of fused-ring (bicyclic) bond motifs is 1. The van der Waals surface area contributed by atoms with Crippen LogP contribution in [0.1, 0.15) is 0 Å². The lowest BCUT2D eigenvalue weighted by Crippen LogP contribution is -1.93. The zero-order chi connectivity index (χ0) is 13.4. The van der Waals surface area contributed by atoms with Gasteiger partial charge < -0.3 is 4.57 Å². The number of halogens is 1. The van der Waals surface area contributed by atoms with Crippen LogP contribution < -0.4 is 0 Å². The molecule has 0 fully saturated rings. The average Bonchev–Trinajstić information content (AvgIpc) is 2.76. The fraction of sp³-hybridized carbons (Fsp3) is 0.133. The molecule has 1 heterocycles. The zero-order valence-electron chi connectivity index (χ0n) is 10.7. The second kappa shape index (κ2) is 4.91. The lowest BCUT2D eigenvalue weighted by atomic mass is 10.2. The SMILES string of the molecule is CSc1ccccc1-c1nc2ccc(Cl)cc2n1C. The van der Waals surface area contributed by atoms with E-state index in [0.29, 0.717) is 0 Å². The molecule has 0 spiro atoms. The molecule has 19 heavy (non-hydrogen) atoms. The monoisotopic (exact) mass is 288 g/mol. The molecule has 0 bridgehead atoms. The fourth-order valence-electron chi connectivity index (χ4n) is 2.23. The first kappa shape index (κ1) is 12.6. The summed E-state index contributed by atoms with van der Waals surface area (Å²) >= 11 is 7.79. The highest BCUT2D eigenvalue weighted by atomic mass is 35.5.